The van der Waals surface area contributed by atoms with Crippen LogP contribution in [0.25, 0.3) is 10.9 Å². The normalized spacial score (nSPS) is 10.8. The SMILES string of the molecule is CCOC(=O)c1c[nH]c2c(C)c(F)c(C)c(C)c2c1=O. The van der Waals surface area contributed by atoms with Crippen molar-refractivity contribution in [2.45, 2.75) is 27.7 Å². The molecule has 4 nitrogen and oxygen atoms in total. The molecule has 0 aliphatic rings. The summed E-state index contributed by atoms with van der Waals surface area (Å²) < 4.78 is 18.9. The molecule has 0 spiro atoms. The number of carbonyl (C=O) groups excluding carboxylic acids is 1. The number of halogens is 1. The number of rotatable bonds is 2. The topological polar surface area (TPSA) is 59.2 Å². The predicted octanol–water partition coefficient (Wildman–Crippen LogP) is 2.77. The summed E-state index contributed by atoms with van der Waals surface area (Å²) in [5, 5.41) is 0.340. The van der Waals surface area contributed by atoms with Gasteiger partial charge in [-0.25, -0.2) is 9.18 Å². The molecule has 0 saturated heterocycles. The molecule has 5 heteroatoms. The number of ether oxygens (including phenoxy) is 1. The fourth-order valence-corrected chi connectivity index (χ4v) is 2.29. The molecule has 0 radical (unpaired) electrons. The highest BCUT2D eigenvalue weighted by atomic mass is 19.1. The number of pyridine rings is 1. The molecule has 2 rings (SSSR count). The third-order valence-corrected chi connectivity index (χ3v) is 3.55. The van der Waals surface area contributed by atoms with Crippen LogP contribution in [0, 0.1) is 26.6 Å². The van der Waals surface area contributed by atoms with Crippen molar-refractivity contribution in [3.8, 4) is 0 Å². The zero-order valence-corrected chi connectivity index (χ0v) is 11.9. The first-order valence-corrected chi connectivity index (χ1v) is 6.37. The van der Waals surface area contributed by atoms with Gasteiger partial charge in [0.25, 0.3) is 0 Å². The summed E-state index contributed by atoms with van der Waals surface area (Å²) in [5.41, 5.74) is 1.25. The molecule has 1 N–H and O–H groups in total. The van der Waals surface area contributed by atoms with E-state index < -0.39 is 11.4 Å². The van der Waals surface area contributed by atoms with Crippen LogP contribution in [0.4, 0.5) is 4.39 Å². The lowest BCUT2D eigenvalue weighted by atomic mass is 9.98. The number of nitrogens with one attached hydrogen (secondary N) is 1. The summed E-state index contributed by atoms with van der Waals surface area (Å²) in [4.78, 5) is 27.0. The molecule has 0 aliphatic carbocycles. The minimum absolute atomic E-state index is 0.0622. The summed E-state index contributed by atoms with van der Waals surface area (Å²) in [6.07, 6.45) is 1.28. The summed E-state index contributed by atoms with van der Waals surface area (Å²) in [5.74, 6) is -1.01. The molecule has 0 atom stereocenters. The maximum absolute atomic E-state index is 14.0. The first-order chi connectivity index (χ1) is 9.40. The van der Waals surface area contributed by atoms with E-state index in [9.17, 15) is 14.0 Å². The van der Waals surface area contributed by atoms with Gasteiger partial charge in [0.2, 0.25) is 5.43 Å². The molecule has 0 aliphatic heterocycles. The van der Waals surface area contributed by atoms with E-state index in [1.54, 1.807) is 27.7 Å². The number of fused-ring (bicyclic) bond motifs is 1. The number of H-pyrrole nitrogens is 1. The van der Waals surface area contributed by atoms with Crippen molar-refractivity contribution in [1.82, 2.24) is 4.98 Å². The van der Waals surface area contributed by atoms with Crippen molar-refractivity contribution in [1.29, 1.82) is 0 Å². The summed E-state index contributed by atoms with van der Waals surface area (Å²) in [6, 6.07) is 0. The highest BCUT2D eigenvalue weighted by Gasteiger charge is 2.19. The third kappa shape index (κ3) is 1.99. The Labute approximate surface area is 115 Å². The second kappa shape index (κ2) is 5.07. The Hall–Kier alpha value is -2.17. The molecule has 1 heterocycles. The van der Waals surface area contributed by atoms with Gasteiger partial charge in [0.05, 0.1) is 12.1 Å². The molecule has 2 aromatic rings. The number of esters is 1. The van der Waals surface area contributed by atoms with E-state index in [-0.39, 0.29) is 18.0 Å². The average Bonchev–Trinajstić information content (AvgIpc) is 2.42. The number of hydrogen-bond acceptors (Lipinski definition) is 3. The van der Waals surface area contributed by atoms with Crippen LogP contribution < -0.4 is 5.43 Å². The second-order valence-corrected chi connectivity index (χ2v) is 4.69. The van der Waals surface area contributed by atoms with Gasteiger partial charge in [0, 0.05) is 17.1 Å². The number of aryl methyl sites for hydroxylation is 2. The highest BCUT2D eigenvalue weighted by Crippen LogP contribution is 2.25. The second-order valence-electron chi connectivity index (χ2n) is 4.69. The quantitative estimate of drug-likeness (QED) is 0.859. The Balaban J connectivity index is 2.87. The van der Waals surface area contributed by atoms with Crippen LogP contribution in [-0.2, 0) is 4.74 Å². The minimum Gasteiger partial charge on any atom is -0.462 e. The minimum atomic E-state index is -0.672. The van der Waals surface area contributed by atoms with E-state index in [1.807, 2.05) is 0 Å². The van der Waals surface area contributed by atoms with E-state index in [0.29, 0.717) is 27.6 Å². The lowest BCUT2D eigenvalue weighted by Crippen LogP contribution is -2.19. The Morgan fingerprint density at radius 1 is 1.25 bits per heavy atom. The van der Waals surface area contributed by atoms with Gasteiger partial charge in [-0.2, -0.15) is 0 Å². The van der Waals surface area contributed by atoms with Crippen LogP contribution in [0.15, 0.2) is 11.0 Å². The van der Waals surface area contributed by atoms with Gasteiger partial charge in [-0.1, -0.05) is 0 Å². The molecule has 0 unspecified atom stereocenters. The molecule has 0 fully saturated rings. The van der Waals surface area contributed by atoms with Gasteiger partial charge in [-0.15, -0.1) is 0 Å². The van der Waals surface area contributed by atoms with E-state index in [0.717, 1.165) is 0 Å². The van der Waals surface area contributed by atoms with E-state index in [4.69, 9.17) is 4.74 Å². The Kier molecular flexibility index (Phi) is 3.61. The average molecular weight is 277 g/mol. The fraction of sp³-hybridized carbons (Fsp3) is 0.333. The van der Waals surface area contributed by atoms with Crippen molar-refractivity contribution >= 4 is 16.9 Å². The number of aromatic nitrogens is 1. The molecule has 106 valence electrons. The van der Waals surface area contributed by atoms with Crippen LogP contribution in [0.3, 0.4) is 0 Å². The number of aromatic amines is 1. The van der Waals surface area contributed by atoms with Crippen molar-refractivity contribution in [2.24, 2.45) is 0 Å². The maximum Gasteiger partial charge on any atom is 0.343 e. The Morgan fingerprint density at radius 2 is 1.90 bits per heavy atom. The molecule has 20 heavy (non-hydrogen) atoms. The zero-order valence-electron chi connectivity index (χ0n) is 11.9. The number of hydrogen-bond donors (Lipinski definition) is 1. The van der Waals surface area contributed by atoms with E-state index in [1.165, 1.54) is 6.20 Å². The van der Waals surface area contributed by atoms with Crippen molar-refractivity contribution < 1.29 is 13.9 Å². The van der Waals surface area contributed by atoms with Crippen LogP contribution in [0.1, 0.15) is 34.0 Å². The van der Waals surface area contributed by atoms with Crippen LogP contribution in [0.5, 0.6) is 0 Å². The fourth-order valence-electron chi connectivity index (χ4n) is 2.29. The smallest absolute Gasteiger partial charge is 0.343 e. The van der Waals surface area contributed by atoms with Crippen LogP contribution in [-0.4, -0.2) is 17.6 Å². The largest absolute Gasteiger partial charge is 0.462 e. The standard InChI is InChI=1S/C15H16FNO3/c1-5-20-15(19)10-6-17-13-9(4)12(16)8(3)7(2)11(13)14(10)18/h6H,5H2,1-4H3,(H,17,18). The number of benzene rings is 1. The number of carbonyl (C=O) groups is 1. The lowest BCUT2D eigenvalue weighted by molar-refractivity contribution is 0.0524. The third-order valence-electron chi connectivity index (χ3n) is 3.55. The molecule has 0 bridgehead atoms. The highest BCUT2D eigenvalue weighted by molar-refractivity contribution is 5.95. The van der Waals surface area contributed by atoms with Crippen LogP contribution in [0.2, 0.25) is 0 Å². The molecule has 1 aromatic heterocycles. The van der Waals surface area contributed by atoms with Gasteiger partial charge < -0.3 is 9.72 Å². The molecule has 1 aromatic carbocycles. The van der Waals surface area contributed by atoms with Gasteiger partial charge in [-0.3, -0.25) is 4.79 Å². The van der Waals surface area contributed by atoms with E-state index in [2.05, 4.69) is 4.98 Å². The van der Waals surface area contributed by atoms with Crippen molar-refractivity contribution in [3.05, 3.63) is 44.5 Å². The van der Waals surface area contributed by atoms with E-state index >= 15 is 0 Å². The Bertz CT molecular complexity index is 762. The lowest BCUT2D eigenvalue weighted by Gasteiger charge is -2.11. The summed E-state index contributed by atoms with van der Waals surface area (Å²) in [7, 11) is 0. The Morgan fingerprint density at radius 3 is 2.50 bits per heavy atom. The van der Waals surface area contributed by atoms with Gasteiger partial charge in [0.15, 0.2) is 0 Å². The molecule has 0 amide bonds. The van der Waals surface area contributed by atoms with Gasteiger partial charge in [0.1, 0.15) is 11.4 Å². The first kappa shape index (κ1) is 14.2. The zero-order chi connectivity index (χ0) is 15.0. The summed E-state index contributed by atoms with van der Waals surface area (Å²) in [6.45, 7) is 6.75. The summed E-state index contributed by atoms with van der Waals surface area (Å²) >= 11 is 0. The molecule has 0 saturated carbocycles. The monoisotopic (exact) mass is 277 g/mol. The maximum atomic E-state index is 14.0. The van der Waals surface area contributed by atoms with Gasteiger partial charge in [-0.05, 0) is 38.8 Å². The predicted molar refractivity (Wildman–Crippen MR) is 74.7 cm³/mol. The van der Waals surface area contributed by atoms with Crippen LogP contribution >= 0.6 is 0 Å². The molecular weight excluding hydrogens is 261 g/mol. The van der Waals surface area contributed by atoms with Gasteiger partial charge >= 0.3 is 5.97 Å². The molecular formula is C15H16FNO3. The first-order valence-electron chi connectivity index (χ1n) is 6.37. The van der Waals surface area contributed by atoms with Crippen molar-refractivity contribution in [2.75, 3.05) is 6.61 Å². The van der Waals surface area contributed by atoms with Crippen molar-refractivity contribution in [3.63, 3.8) is 0 Å².